The molecule has 0 aliphatic carbocycles. The number of para-hydroxylation sites is 1. The number of carboxylic acid groups (broad SMARTS) is 1. The fourth-order valence-electron chi connectivity index (χ4n) is 2.32. The highest BCUT2D eigenvalue weighted by molar-refractivity contribution is 5.99. The van der Waals surface area contributed by atoms with Gasteiger partial charge in [0, 0.05) is 24.6 Å². The second-order valence-electron chi connectivity index (χ2n) is 5.53. The molecule has 0 saturated heterocycles. The number of anilines is 4. The van der Waals surface area contributed by atoms with Crippen molar-refractivity contribution in [1.29, 1.82) is 0 Å². The van der Waals surface area contributed by atoms with Gasteiger partial charge in [-0.3, -0.25) is 4.79 Å². The molecule has 1 heterocycles. The van der Waals surface area contributed by atoms with E-state index in [1.54, 1.807) is 12.1 Å². The SMILES string of the molecule is CNC(=O)c1cnc(Nc2ccc(C(=O)O)cc2)nc1Nc1ccccc1. The van der Waals surface area contributed by atoms with Gasteiger partial charge in [0.05, 0.1) is 5.56 Å². The normalized spacial score (nSPS) is 10.1. The van der Waals surface area contributed by atoms with E-state index in [-0.39, 0.29) is 17.4 Å². The van der Waals surface area contributed by atoms with Crippen LogP contribution in [0, 0.1) is 0 Å². The Balaban J connectivity index is 1.88. The third-order valence-corrected chi connectivity index (χ3v) is 3.68. The molecule has 136 valence electrons. The molecule has 1 amide bonds. The van der Waals surface area contributed by atoms with Crippen LogP contribution >= 0.6 is 0 Å². The molecule has 0 unspecified atom stereocenters. The molecule has 0 spiro atoms. The zero-order valence-corrected chi connectivity index (χ0v) is 14.4. The molecule has 0 aliphatic rings. The van der Waals surface area contributed by atoms with Gasteiger partial charge in [-0.2, -0.15) is 4.98 Å². The molecule has 0 atom stereocenters. The smallest absolute Gasteiger partial charge is 0.335 e. The van der Waals surface area contributed by atoms with Crippen LogP contribution < -0.4 is 16.0 Å². The van der Waals surface area contributed by atoms with Crippen LogP contribution in [0.4, 0.5) is 23.1 Å². The van der Waals surface area contributed by atoms with Gasteiger partial charge < -0.3 is 21.1 Å². The summed E-state index contributed by atoms with van der Waals surface area (Å²) in [5.74, 6) is -0.697. The lowest BCUT2D eigenvalue weighted by molar-refractivity contribution is 0.0696. The number of benzene rings is 2. The Morgan fingerprint density at radius 2 is 1.59 bits per heavy atom. The topological polar surface area (TPSA) is 116 Å². The molecule has 0 radical (unpaired) electrons. The van der Waals surface area contributed by atoms with Crippen LogP contribution in [0.15, 0.2) is 60.8 Å². The van der Waals surface area contributed by atoms with Crippen molar-refractivity contribution >= 4 is 35.0 Å². The molecule has 8 nitrogen and oxygen atoms in total. The minimum Gasteiger partial charge on any atom is -0.478 e. The Morgan fingerprint density at radius 1 is 0.926 bits per heavy atom. The molecule has 0 fully saturated rings. The number of hydrogen-bond acceptors (Lipinski definition) is 6. The first-order chi connectivity index (χ1) is 13.1. The summed E-state index contributed by atoms with van der Waals surface area (Å²) in [6.45, 7) is 0. The fourth-order valence-corrected chi connectivity index (χ4v) is 2.32. The maximum absolute atomic E-state index is 12.1. The van der Waals surface area contributed by atoms with Gasteiger partial charge in [-0.25, -0.2) is 9.78 Å². The number of aromatic nitrogens is 2. The van der Waals surface area contributed by atoms with E-state index < -0.39 is 5.97 Å². The molecule has 0 saturated carbocycles. The number of carboxylic acids is 1. The summed E-state index contributed by atoms with van der Waals surface area (Å²) >= 11 is 0. The Labute approximate surface area is 155 Å². The molecule has 3 rings (SSSR count). The number of carbonyl (C=O) groups is 2. The highest BCUT2D eigenvalue weighted by Crippen LogP contribution is 2.21. The Hall–Kier alpha value is -3.94. The highest BCUT2D eigenvalue weighted by atomic mass is 16.4. The number of nitrogens with one attached hydrogen (secondary N) is 3. The second kappa shape index (κ2) is 7.96. The summed E-state index contributed by atoms with van der Waals surface area (Å²) < 4.78 is 0. The van der Waals surface area contributed by atoms with Crippen molar-refractivity contribution in [3.8, 4) is 0 Å². The lowest BCUT2D eigenvalue weighted by Crippen LogP contribution is -2.20. The Kier molecular flexibility index (Phi) is 5.27. The first-order valence-electron chi connectivity index (χ1n) is 8.08. The van der Waals surface area contributed by atoms with Crippen LogP contribution in [0.1, 0.15) is 20.7 Å². The largest absolute Gasteiger partial charge is 0.478 e. The third-order valence-electron chi connectivity index (χ3n) is 3.68. The lowest BCUT2D eigenvalue weighted by atomic mass is 10.2. The predicted molar refractivity (Wildman–Crippen MR) is 102 cm³/mol. The number of carbonyl (C=O) groups excluding carboxylic acids is 1. The predicted octanol–water partition coefficient (Wildman–Crippen LogP) is 3.02. The number of hydrogen-bond donors (Lipinski definition) is 4. The minimum absolute atomic E-state index is 0.183. The summed E-state index contributed by atoms with van der Waals surface area (Å²) in [7, 11) is 1.53. The van der Waals surface area contributed by atoms with Gasteiger partial charge in [0.25, 0.3) is 5.91 Å². The quantitative estimate of drug-likeness (QED) is 0.532. The summed E-state index contributed by atoms with van der Waals surface area (Å²) in [5, 5.41) is 17.6. The van der Waals surface area contributed by atoms with Crippen molar-refractivity contribution in [2.45, 2.75) is 0 Å². The average molecular weight is 363 g/mol. The number of nitrogens with zero attached hydrogens (tertiary/aromatic N) is 2. The van der Waals surface area contributed by atoms with E-state index in [1.807, 2.05) is 30.3 Å². The van der Waals surface area contributed by atoms with Gasteiger partial charge in [0.2, 0.25) is 5.95 Å². The third kappa shape index (κ3) is 4.37. The maximum Gasteiger partial charge on any atom is 0.335 e. The standard InChI is InChI=1S/C19H17N5O3/c1-20-17(25)15-11-21-19(23-14-9-7-12(8-10-14)18(26)27)24-16(15)22-13-5-3-2-4-6-13/h2-11H,1H3,(H,20,25)(H,26,27)(H2,21,22,23,24). The van der Waals surface area contributed by atoms with E-state index in [2.05, 4.69) is 25.9 Å². The monoisotopic (exact) mass is 363 g/mol. The van der Waals surface area contributed by atoms with Crippen molar-refractivity contribution < 1.29 is 14.7 Å². The number of rotatable bonds is 6. The lowest BCUT2D eigenvalue weighted by Gasteiger charge is -2.12. The van der Waals surface area contributed by atoms with E-state index in [0.29, 0.717) is 17.1 Å². The van der Waals surface area contributed by atoms with E-state index >= 15 is 0 Å². The van der Waals surface area contributed by atoms with Gasteiger partial charge in [-0.15, -0.1) is 0 Å². The second-order valence-corrected chi connectivity index (χ2v) is 5.53. The van der Waals surface area contributed by atoms with Crippen molar-refractivity contribution in [2.75, 3.05) is 17.7 Å². The summed E-state index contributed by atoms with van der Waals surface area (Å²) in [4.78, 5) is 31.6. The van der Waals surface area contributed by atoms with E-state index in [0.717, 1.165) is 5.69 Å². The van der Waals surface area contributed by atoms with Crippen molar-refractivity contribution in [2.24, 2.45) is 0 Å². The van der Waals surface area contributed by atoms with Crippen molar-refractivity contribution in [3.05, 3.63) is 71.9 Å². The van der Waals surface area contributed by atoms with Crippen LogP contribution in [0.25, 0.3) is 0 Å². The highest BCUT2D eigenvalue weighted by Gasteiger charge is 2.14. The zero-order valence-electron chi connectivity index (χ0n) is 14.4. The Morgan fingerprint density at radius 3 is 2.22 bits per heavy atom. The zero-order chi connectivity index (χ0) is 19.2. The first kappa shape index (κ1) is 17.9. The average Bonchev–Trinajstić information content (AvgIpc) is 2.69. The van der Waals surface area contributed by atoms with Crippen LogP contribution in [-0.4, -0.2) is 34.0 Å². The van der Waals surface area contributed by atoms with Gasteiger partial charge in [-0.05, 0) is 36.4 Å². The fraction of sp³-hybridized carbons (Fsp3) is 0.0526. The molecule has 2 aromatic carbocycles. The molecule has 3 aromatic rings. The molecule has 0 aliphatic heterocycles. The summed E-state index contributed by atoms with van der Waals surface area (Å²) in [6, 6.07) is 15.5. The molecule has 1 aromatic heterocycles. The van der Waals surface area contributed by atoms with Crippen LogP contribution in [0.3, 0.4) is 0 Å². The van der Waals surface area contributed by atoms with Gasteiger partial charge in [-0.1, -0.05) is 18.2 Å². The molecule has 8 heteroatoms. The van der Waals surface area contributed by atoms with Gasteiger partial charge in [0.15, 0.2) is 0 Å². The van der Waals surface area contributed by atoms with Crippen LogP contribution in [0.5, 0.6) is 0 Å². The maximum atomic E-state index is 12.1. The molecule has 4 N–H and O–H groups in total. The van der Waals surface area contributed by atoms with Gasteiger partial charge in [0.1, 0.15) is 11.4 Å². The molecule has 27 heavy (non-hydrogen) atoms. The van der Waals surface area contributed by atoms with E-state index in [1.165, 1.54) is 25.4 Å². The van der Waals surface area contributed by atoms with E-state index in [9.17, 15) is 9.59 Å². The van der Waals surface area contributed by atoms with Crippen LogP contribution in [0.2, 0.25) is 0 Å². The molecular weight excluding hydrogens is 346 g/mol. The number of aromatic carboxylic acids is 1. The summed E-state index contributed by atoms with van der Waals surface area (Å²) in [5.41, 5.74) is 1.88. The Bertz CT molecular complexity index is 959. The molecular formula is C19H17N5O3. The summed E-state index contributed by atoms with van der Waals surface area (Å²) in [6.07, 6.45) is 1.42. The number of amides is 1. The van der Waals surface area contributed by atoms with Crippen molar-refractivity contribution in [1.82, 2.24) is 15.3 Å². The molecule has 0 bridgehead atoms. The van der Waals surface area contributed by atoms with Gasteiger partial charge >= 0.3 is 5.97 Å². The van der Waals surface area contributed by atoms with Crippen LogP contribution in [-0.2, 0) is 0 Å². The van der Waals surface area contributed by atoms with E-state index in [4.69, 9.17) is 5.11 Å². The van der Waals surface area contributed by atoms with Crippen molar-refractivity contribution in [3.63, 3.8) is 0 Å². The first-order valence-corrected chi connectivity index (χ1v) is 8.08. The minimum atomic E-state index is -0.998.